The van der Waals surface area contributed by atoms with Crippen LogP contribution in [0.5, 0.6) is 5.75 Å². The molecule has 0 aromatic heterocycles. The Morgan fingerprint density at radius 3 is 2.62 bits per heavy atom. The van der Waals surface area contributed by atoms with E-state index < -0.39 is 5.82 Å². The van der Waals surface area contributed by atoms with Gasteiger partial charge in [0.2, 0.25) is 0 Å². The number of hydrogen-bond acceptors (Lipinski definition) is 3. The summed E-state index contributed by atoms with van der Waals surface area (Å²) in [4.78, 5) is 0. The lowest BCUT2D eigenvalue weighted by atomic mass is 10.1. The number of halogens is 2. The number of benzene rings is 2. The molecule has 2 rings (SSSR count). The maximum atomic E-state index is 13.7. The van der Waals surface area contributed by atoms with Gasteiger partial charge in [0.15, 0.2) is 0 Å². The zero-order valence-electron chi connectivity index (χ0n) is 11.1. The summed E-state index contributed by atoms with van der Waals surface area (Å²) in [6.45, 7) is 0.0893. The van der Waals surface area contributed by atoms with Crippen molar-refractivity contribution >= 4 is 17.4 Å². The highest BCUT2D eigenvalue weighted by Gasteiger charge is 2.07. The average Bonchev–Trinajstić information content (AvgIpc) is 2.50. The quantitative estimate of drug-likeness (QED) is 0.385. The van der Waals surface area contributed by atoms with Crippen molar-refractivity contribution < 1.29 is 14.3 Å². The molecule has 0 aliphatic heterocycles. The second kappa shape index (κ2) is 6.95. The van der Waals surface area contributed by atoms with Crippen LogP contribution in [0.25, 0.3) is 0 Å². The van der Waals surface area contributed by atoms with Gasteiger partial charge < -0.3 is 15.7 Å². The molecule has 0 fully saturated rings. The SMILES string of the molecule is N/C(Cc1ccc(OCc2cccc(Cl)c2F)cc1)=N/O. The van der Waals surface area contributed by atoms with Crippen LogP contribution in [0.2, 0.25) is 5.02 Å². The van der Waals surface area contributed by atoms with E-state index in [2.05, 4.69) is 5.16 Å². The molecule has 0 spiro atoms. The van der Waals surface area contributed by atoms with Crippen LogP contribution >= 0.6 is 11.6 Å². The van der Waals surface area contributed by atoms with Gasteiger partial charge in [-0.15, -0.1) is 0 Å². The van der Waals surface area contributed by atoms with Crippen molar-refractivity contribution in [2.75, 3.05) is 0 Å². The first-order chi connectivity index (χ1) is 10.1. The third-order valence-electron chi connectivity index (χ3n) is 2.86. The molecule has 0 bridgehead atoms. The fourth-order valence-electron chi connectivity index (χ4n) is 1.77. The molecule has 0 amide bonds. The van der Waals surface area contributed by atoms with Crippen molar-refractivity contribution in [3.8, 4) is 5.75 Å². The van der Waals surface area contributed by atoms with Crippen molar-refractivity contribution in [3.63, 3.8) is 0 Å². The van der Waals surface area contributed by atoms with E-state index in [9.17, 15) is 4.39 Å². The number of nitrogens with zero attached hydrogens (tertiary/aromatic N) is 1. The Bertz CT molecular complexity index is 645. The van der Waals surface area contributed by atoms with E-state index in [1.165, 1.54) is 6.07 Å². The van der Waals surface area contributed by atoms with Gasteiger partial charge >= 0.3 is 0 Å². The van der Waals surface area contributed by atoms with E-state index in [0.717, 1.165) is 5.56 Å². The summed E-state index contributed by atoms with van der Waals surface area (Å²) < 4.78 is 19.2. The van der Waals surface area contributed by atoms with Crippen LogP contribution in [0.4, 0.5) is 4.39 Å². The topological polar surface area (TPSA) is 67.8 Å². The van der Waals surface area contributed by atoms with E-state index in [4.69, 9.17) is 27.3 Å². The maximum Gasteiger partial charge on any atom is 0.148 e. The lowest BCUT2D eigenvalue weighted by molar-refractivity contribution is 0.300. The molecule has 0 saturated carbocycles. The van der Waals surface area contributed by atoms with E-state index in [0.29, 0.717) is 17.7 Å². The summed E-state index contributed by atoms with van der Waals surface area (Å²) in [6, 6.07) is 11.8. The van der Waals surface area contributed by atoms with E-state index >= 15 is 0 Å². The average molecular weight is 309 g/mol. The standard InChI is InChI=1S/C15H14ClFN2O2/c16-13-3-1-2-11(15(13)17)9-21-12-6-4-10(5-7-12)8-14(18)19-20/h1-7,20H,8-9H2,(H2,18,19). The Labute approximate surface area is 126 Å². The molecule has 0 radical (unpaired) electrons. The molecule has 0 aliphatic carbocycles. The number of amidine groups is 1. The van der Waals surface area contributed by atoms with Crippen LogP contribution < -0.4 is 10.5 Å². The fraction of sp³-hybridized carbons (Fsp3) is 0.133. The Balaban J connectivity index is 1.99. The number of nitrogens with two attached hydrogens (primary N) is 1. The lowest BCUT2D eigenvalue weighted by Gasteiger charge is -2.08. The summed E-state index contributed by atoms with van der Waals surface area (Å²) in [5.41, 5.74) is 6.70. The number of hydrogen-bond donors (Lipinski definition) is 2. The highest BCUT2D eigenvalue weighted by atomic mass is 35.5. The molecule has 0 aliphatic rings. The summed E-state index contributed by atoms with van der Waals surface area (Å²) >= 11 is 5.70. The predicted molar refractivity (Wildman–Crippen MR) is 79.3 cm³/mol. The van der Waals surface area contributed by atoms with Crippen molar-refractivity contribution in [2.24, 2.45) is 10.9 Å². The van der Waals surface area contributed by atoms with Gasteiger partial charge in [-0.2, -0.15) is 0 Å². The van der Waals surface area contributed by atoms with Gasteiger partial charge in [0.05, 0.1) is 5.02 Å². The molecular weight excluding hydrogens is 295 g/mol. The van der Waals surface area contributed by atoms with Crippen LogP contribution in [-0.4, -0.2) is 11.0 Å². The first-order valence-corrected chi connectivity index (χ1v) is 6.59. The summed E-state index contributed by atoms with van der Waals surface area (Å²) in [5.74, 6) is 0.255. The summed E-state index contributed by atoms with van der Waals surface area (Å²) in [7, 11) is 0. The second-order valence-corrected chi connectivity index (χ2v) is 4.82. The Hall–Kier alpha value is -2.27. The summed E-state index contributed by atoms with van der Waals surface area (Å²) in [6.07, 6.45) is 0.347. The Morgan fingerprint density at radius 2 is 1.95 bits per heavy atom. The van der Waals surface area contributed by atoms with Crippen molar-refractivity contribution in [2.45, 2.75) is 13.0 Å². The molecule has 0 heterocycles. The third-order valence-corrected chi connectivity index (χ3v) is 3.15. The largest absolute Gasteiger partial charge is 0.489 e. The van der Waals surface area contributed by atoms with Gasteiger partial charge in [0, 0.05) is 12.0 Å². The smallest absolute Gasteiger partial charge is 0.148 e. The Kier molecular flexibility index (Phi) is 5.00. The lowest BCUT2D eigenvalue weighted by Crippen LogP contribution is -2.14. The first-order valence-electron chi connectivity index (χ1n) is 6.21. The molecule has 0 atom stereocenters. The van der Waals surface area contributed by atoms with Gasteiger partial charge in [0.1, 0.15) is 24.0 Å². The Morgan fingerprint density at radius 1 is 1.24 bits per heavy atom. The van der Waals surface area contributed by atoms with Crippen LogP contribution in [0.1, 0.15) is 11.1 Å². The second-order valence-electron chi connectivity index (χ2n) is 4.41. The van der Waals surface area contributed by atoms with E-state index in [-0.39, 0.29) is 17.5 Å². The molecule has 0 saturated heterocycles. The normalized spacial score (nSPS) is 11.4. The zero-order chi connectivity index (χ0) is 15.2. The molecule has 0 unspecified atom stereocenters. The molecule has 2 aromatic rings. The van der Waals surface area contributed by atoms with Crippen molar-refractivity contribution in [1.29, 1.82) is 0 Å². The molecule has 2 aromatic carbocycles. The maximum absolute atomic E-state index is 13.7. The third kappa shape index (κ3) is 4.10. The van der Waals surface area contributed by atoms with Crippen LogP contribution in [-0.2, 0) is 13.0 Å². The minimum Gasteiger partial charge on any atom is -0.489 e. The van der Waals surface area contributed by atoms with Crippen LogP contribution in [0.3, 0.4) is 0 Å². The molecule has 21 heavy (non-hydrogen) atoms. The molecular formula is C15H14ClFN2O2. The van der Waals surface area contributed by atoms with Crippen LogP contribution in [0, 0.1) is 5.82 Å². The van der Waals surface area contributed by atoms with Gasteiger partial charge in [-0.25, -0.2) is 4.39 Å². The predicted octanol–water partition coefficient (Wildman–Crippen LogP) is 3.35. The minimum absolute atomic E-state index is 0.0743. The summed E-state index contributed by atoms with van der Waals surface area (Å²) in [5, 5.41) is 11.5. The number of oxime groups is 1. The van der Waals surface area contributed by atoms with Crippen molar-refractivity contribution in [3.05, 3.63) is 64.4 Å². The first kappa shape index (κ1) is 15.1. The fourth-order valence-corrected chi connectivity index (χ4v) is 1.96. The molecule has 110 valence electrons. The molecule has 3 N–H and O–H groups in total. The van der Waals surface area contributed by atoms with Crippen LogP contribution in [0.15, 0.2) is 47.6 Å². The van der Waals surface area contributed by atoms with E-state index in [1.807, 2.05) is 0 Å². The van der Waals surface area contributed by atoms with Gasteiger partial charge in [-0.3, -0.25) is 0 Å². The number of ether oxygens (including phenoxy) is 1. The van der Waals surface area contributed by atoms with Crippen molar-refractivity contribution in [1.82, 2.24) is 0 Å². The van der Waals surface area contributed by atoms with Gasteiger partial charge in [-0.1, -0.05) is 41.0 Å². The minimum atomic E-state index is -0.470. The monoisotopic (exact) mass is 308 g/mol. The van der Waals surface area contributed by atoms with Gasteiger partial charge in [-0.05, 0) is 23.8 Å². The number of rotatable bonds is 5. The molecule has 4 nitrogen and oxygen atoms in total. The molecule has 6 heteroatoms. The zero-order valence-corrected chi connectivity index (χ0v) is 11.8. The van der Waals surface area contributed by atoms with E-state index in [1.54, 1.807) is 36.4 Å². The highest BCUT2D eigenvalue weighted by molar-refractivity contribution is 6.30. The van der Waals surface area contributed by atoms with Gasteiger partial charge in [0.25, 0.3) is 0 Å². The highest BCUT2D eigenvalue weighted by Crippen LogP contribution is 2.20.